The molecule has 1 fully saturated rings. The van der Waals surface area contributed by atoms with Crippen molar-refractivity contribution < 1.29 is 32.2 Å². The van der Waals surface area contributed by atoms with E-state index in [1.807, 2.05) is 0 Å². The fourth-order valence-corrected chi connectivity index (χ4v) is 3.40. The molecule has 7 nitrogen and oxygen atoms in total. The predicted molar refractivity (Wildman–Crippen MR) is 112 cm³/mol. The number of carbonyl (C=O) groups excluding carboxylic acids is 2. The van der Waals surface area contributed by atoms with Crippen LogP contribution in [0.15, 0.2) is 42.5 Å². The van der Waals surface area contributed by atoms with Gasteiger partial charge in [-0.3, -0.25) is 9.59 Å². The maximum absolute atomic E-state index is 12.9. The normalized spacial score (nSPS) is 14.2. The van der Waals surface area contributed by atoms with Crippen molar-refractivity contribution in [1.29, 1.82) is 0 Å². The third kappa shape index (κ3) is 5.63. The summed E-state index contributed by atoms with van der Waals surface area (Å²) in [6, 6.07) is 9.84. The predicted octanol–water partition coefficient (Wildman–Crippen LogP) is 2.80. The van der Waals surface area contributed by atoms with E-state index in [0.29, 0.717) is 48.9 Å². The molecule has 0 aromatic heterocycles. The van der Waals surface area contributed by atoms with Crippen molar-refractivity contribution in [2.45, 2.75) is 6.18 Å². The Morgan fingerprint density at radius 3 is 2.16 bits per heavy atom. The van der Waals surface area contributed by atoms with Crippen molar-refractivity contribution in [3.8, 4) is 11.5 Å². The van der Waals surface area contributed by atoms with Crippen LogP contribution < -0.4 is 19.7 Å². The molecule has 2 aromatic carbocycles. The summed E-state index contributed by atoms with van der Waals surface area (Å²) < 4.78 is 49.1. The fraction of sp³-hybridized carbons (Fsp3) is 0.364. The lowest BCUT2D eigenvalue weighted by atomic mass is 10.1. The molecular weight excluding hydrogens is 427 g/mol. The number of nitrogens with zero attached hydrogens (tertiary/aromatic N) is 2. The van der Waals surface area contributed by atoms with Crippen LogP contribution in [0.2, 0.25) is 0 Å². The number of alkyl halides is 3. The zero-order valence-corrected chi connectivity index (χ0v) is 17.7. The molecule has 0 unspecified atom stereocenters. The summed E-state index contributed by atoms with van der Waals surface area (Å²) in [7, 11) is 2.94. The summed E-state index contributed by atoms with van der Waals surface area (Å²) in [5, 5.41) is 2.59. The van der Waals surface area contributed by atoms with E-state index in [-0.39, 0.29) is 12.5 Å². The van der Waals surface area contributed by atoms with Gasteiger partial charge in [0.2, 0.25) is 5.91 Å². The summed E-state index contributed by atoms with van der Waals surface area (Å²) in [6.07, 6.45) is -4.40. The van der Waals surface area contributed by atoms with E-state index >= 15 is 0 Å². The molecule has 0 radical (unpaired) electrons. The molecule has 0 bridgehead atoms. The molecule has 10 heteroatoms. The van der Waals surface area contributed by atoms with Crippen molar-refractivity contribution in [3.05, 3.63) is 53.6 Å². The molecular formula is C22H24F3N3O4. The first kappa shape index (κ1) is 23.2. The van der Waals surface area contributed by atoms with Gasteiger partial charge in [-0.05, 0) is 30.3 Å². The van der Waals surface area contributed by atoms with Gasteiger partial charge >= 0.3 is 6.18 Å². The molecule has 3 rings (SSSR count). The van der Waals surface area contributed by atoms with Crippen LogP contribution in [0, 0.1) is 0 Å². The molecule has 2 aromatic rings. The lowest BCUT2D eigenvalue weighted by Crippen LogP contribution is -2.51. The fourth-order valence-electron chi connectivity index (χ4n) is 3.40. The summed E-state index contributed by atoms with van der Waals surface area (Å²) in [5.74, 6) is 0.188. The van der Waals surface area contributed by atoms with E-state index in [1.54, 1.807) is 21.9 Å². The van der Waals surface area contributed by atoms with E-state index in [4.69, 9.17) is 9.47 Å². The second-order valence-corrected chi connectivity index (χ2v) is 7.20. The van der Waals surface area contributed by atoms with E-state index in [9.17, 15) is 22.8 Å². The summed E-state index contributed by atoms with van der Waals surface area (Å²) in [4.78, 5) is 28.3. The van der Waals surface area contributed by atoms with Crippen LogP contribution in [0.1, 0.15) is 15.9 Å². The molecule has 1 aliphatic rings. The van der Waals surface area contributed by atoms with Gasteiger partial charge in [0, 0.05) is 43.5 Å². The molecule has 2 amide bonds. The minimum Gasteiger partial charge on any atom is -0.497 e. The number of ether oxygens (including phenoxy) is 2. The summed E-state index contributed by atoms with van der Waals surface area (Å²) in [5.41, 5.74) is 0.0564. The van der Waals surface area contributed by atoms with Crippen LogP contribution in [0.3, 0.4) is 0 Å². The third-order valence-corrected chi connectivity index (χ3v) is 5.18. The van der Waals surface area contributed by atoms with Gasteiger partial charge in [-0.1, -0.05) is 6.07 Å². The number of halogens is 3. The lowest BCUT2D eigenvalue weighted by molar-refractivity contribution is -0.137. The highest BCUT2D eigenvalue weighted by Gasteiger charge is 2.31. The average Bonchev–Trinajstić information content (AvgIpc) is 2.81. The highest BCUT2D eigenvalue weighted by molar-refractivity contribution is 5.97. The Morgan fingerprint density at radius 2 is 1.59 bits per heavy atom. The number of nitrogens with one attached hydrogen (secondary N) is 1. The molecule has 32 heavy (non-hydrogen) atoms. The van der Waals surface area contributed by atoms with Crippen LogP contribution >= 0.6 is 0 Å². The summed E-state index contributed by atoms with van der Waals surface area (Å²) >= 11 is 0. The Morgan fingerprint density at radius 1 is 0.969 bits per heavy atom. The smallest absolute Gasteiger partial charge is 0.416 e. The van der Waals surface area contributed by atoms with Gasteiger partial charge in [0.25, 0.3) is 5.91 Å². The minimum absolute atomic E-state index is 0.193. The van der Waals surface area contributed by atoms with Gasteiger partial charge < -0.3 is 24.6 Å². The van der Waals surface area contributed by atoms with Gasteiger partial charge in [0.1, 0.15) is 11.5 Å². The van der Waals surface area contributed by atoms with E-state index in [2.05, 4.69) is 5.32 Å². The number of amides is 2. The third-order valence-electron chi connectivity index (χ3n) is 5.18. The maximum Gasteiger partial charge on any atom is 0.416 e. The van der Waals surface area contributed by atoms with Gasteiger partial charge in [-0.25, -0.2) is 0 Å². The first-order chi connectivity index (χ1) is 15.2. The second-order valence-electron chi connectivity index (χ2n) is 7.20. The van der Waals surface area contributed by atoms with Crippen LogP contribution in [0.25, 0.3) is 0 Å². The Labute approximate surface area is 183 Å². The molecule has 1 heterocycles. The SMILES string of the molecule is COc1cc(OC)cc(C(=O)NCC(=O)N2CCN(c3cccc(C(F)(F)F)c3)CC2)c1. The lowest BCUT2D eigenvalue weighted by Gasteiger charge is -2.36. The van der Waals surface area contributed by atoms with Gasteiger partial charge in [0.15, 0.2) is 0 Å². The van der Waals surface area contributed by atoms with E-state index in [0.717, 1.165) is 12.1 Å². The number of hydrogen-bond donors (Lipinski definition) is 1. The highest BCUT2D eigenvalue weighted by Crippen LogP contribution is 2.32. The van der Waals surface area contributed by atoms with E-state index in [1.165, 1.54) is 32.4 Å². The Bertz CT molecular complexity index is 951. The number of rotatable bonds is 6. The zero-order valence-electron chi connectivity index (χ0n) is 17.7. The molecule has 1 N–H and O–H groups in total. The largest absolute Gasteiger partial charge is 0.497 e. The van der Waals surface area contributed by atoms with Crippen LogP contribution in [0.4, 0.5) is 18.9 Å². The molecule has 1 saturated heterocycles. The number of methoxy groups -OCH3 is 2. The van der Waals surface area contributed by atoms with Crippen molar-refractivity contribution in [2.75, 3.05) is 51.8 Å². The Kier molecular flexibility index (Phi) is 7.12. The molecule has 0 atom stereocenters. The van der Waals surface area contributed by atoms with Crippen molar-refractivity contribution in [2.24, 2.45) is 0 Å². The van der Waals surface area contributed by atoms with Crippen LogP contribution in [-0.4, -0.2) is 63.7 Å². The molecule has 0 aliphatic carbocycles. The van der Waals surface area contributed by atoms with E-state index < -0.39 is 17.6 Å². The number of carbonyl (C=O) groups is 2. The Hall–Kier alpha value is -3.43. The standard InChI is InChI=1S/C22H24F3N3O4/c1-31-18-10-15(11-19(13-18)32-2)21(30)26-14-20(29)28-8-6-27(7-9-28)17-5-3-4-16(12-17)22(23,24)25/h3-5,10-13H,6-9,14H2,1-2H3,(H,26,30). The quantitative estimate of drug-likeness (QED) is 0.732. The number of anilines is 1. The minimum atomic E-state index is -4.40. The number of piperazine rings is 1. The molecule has 0 saturated carbocycles. The molecule has 0 spiro atoms. The summed E-state index contributed by atoms with van der Waals surface area (Å²) in [6.45, 7) is 1.29. The van der Waals surface area contributed by atoms with Crippen molar-refractivity contribution in [3.63, 3.8) is 0 Å². The first-order valence-corrected chi connectivity index (χ1v) is 9.92. The second kappa shape index (κ2) is 9.80. The molecule has 1 aliphatic heterocycles. The van der Waals surface area contributed by atoms with Crippen molar-refractivity contribution >= 4 is 17.5 Å². The first-order valence-electron chi connectivity index (χ1n) is 9.92. The Balaban J connectivity index is 1.53. The van der Waals surface area contributed by atoms with Crippen molar-refractivity contribution in [1.82, 2.24) is 10.2 Å². The zero-order chi connectivity index (χ0) is 23.3. The number of hydrogen-bond acceptors (Lipinski definition) is 5. The highest BCUT2D eigenvalue weighted by atomic mass is 19.4. The van der Waals surface area contributed by atoms with Gasteiger partial charge in [-0.2, -0.15) is 13.2 Å². The van der Waals surface area contributed by atoms with Gasteiger partial charge in [0.05, 0.1) is 26.3 Å². The monoisotopic (exact) mass is 451 g/mol. The molecule has 172 valence electrons. The van der Waals surface area contributed by atoms with Gasteiger partial charge in [-0.15, -0.1) is 0 Å². The average molecular weight is 451 g/mol. The van der Waals surface area contributed by atoms with Crippen LogP contribution in [0.5, 0.6) is 11.5 Å². The topological polar surface area (TPSA) is 71.1 Å². The number of benzene rings is 2. The maximum atomic E-state index is 12.9. The van der Waals surface area contributed by atoms with Crippen LogP contribution in [-0.2, 0) is 11.0 Å².